The summed E-state index contributed by atoms with van der Waals surface area (Å²) in [5.41, 5.74) is 0.121. The quantitative estimate of drug-likeness (QED) is 0.591. The van der Waals surface area contributed by atoms with E-state index in [0.29, 0.717) is 12.2 Å². The van der Waals surface area contributed by atoms with E-state index < -0.39 is 22.5 Å². The van der Waals surface area contributed by atoms with Gasteiger partial charge in [-0.05, 0) is 31.0 Å². The summed E-state index contributed by atoms with van der Waals surface area (Å²) in [5.74, 6) is -1.13. The van der Waals surface area contributed by atoms with E-state index in [1.807, 2.05) is 31.2 Å². The van der Waals surface area contributed by atoms with Gasteiger partial charge in [0.1, 0.15) is 5.75 Å². The fourth-order valence-corrected chi connectivity index (χ4v) is 2.69. The number of para-hydroxylation sites is 1. The number of aromatic carboxylic acids is 1. The number of non-ortho nitro benzene ring substituents is 1. The van der Waals surface area contributed by atoms with Crippen LogP contribution < -0.4 is 4.74 Å². The molecular weight excluding hydrogens is 352 g/mol. The number of rotatable bonds is 7. The van der Waals surface area contributed by atoms with Crippen molar-refractivity contribution in [2.24, 2.45) is 0 Å². The number of methoxy groups -OCH3 is 1. The molecule has 0 aromatic heterocycles. The van der Waals surface area contributed by atoms with Gasteiger partial charge in [0.2, 0.25) is 0 Å². The van der Waals surface area contributed by atoms with Crippen LogP contribution in [0.3, 0.4) is 0 Å². The predicted octanol–water partition coefficient (Wildman–Crippen LogP) is 3.00. The van der Waals surface area contributed by atoms with Crippen LogP contribution in [0, 0.1) is 10.1 Å². The van der Waals surface area contributed by atoms with E-state index in [1.54, 1.807) is 14.2 Å². The number of ether oxygens (including phenoxy) is 1. The maximum Gasteiger partial charge on any atom is 0.335 e. The summed E-state index contributed by atoms with van der Waals surface area (Å²) in [7, 11) is 3.14. The van der Waals surface area contributed by atoms with E-state index in [-0.39, 0.29) is 17.2 Å². The van der Waals surface area contributed by atoms with Crippen LogP contribution >= 0.6 is 0 Å². The average molecular weight is 372 g/mol. The van der Waals surface area contributed by atoms with Gasteiger partial charge in [0.25, 0.3) is 11.6 Å². The highest BCUT2D eigenvalue weighted by Gasteiger charge is 2.23. The van der Waals surface area contributed by atoms with Crippen LogP contribution in [0.5, 0.6) is 5.75 Å². The number of benzene rings is 2. The largest absolute Gasteiger partial charge is 0.496 e. The fourth-order valence-electron chi connectivity index (χ4n) is 2.69. The molecule has 0 radical (unpaired) electrons. The normalized spacial score (nSPS) is 11.5. The molecule has 0 fully saturated rings. The van der Waals surface area contributed by atoms with Crippen molar-refractivity contribution in [3.63, 3.8) is 0 Å². The van der Waals surface area contributed by atoms with Crippen LogP contribution in [0.4, 0.5) is 5.69 Å². The molecule has 27 heavy (non-hydrogen) atoms. The van der Waals surface area contributed by atoms with Gasteiger partial charge < -0.3 is 14.7 Å². The van der Waals surface area contributed by atoms with Gasteiger partial charge in [-0.15, -0.1) is 0 Å². The third-order valence-corrected chi connectivity index (χ3v) is 4.31. The molecular formula is C19H20N2O6. The second kappa shape index (κ2) is 8.31. The number of nitro groups is 1. The van der Waals surface area contributed by atoms with E-state index >= 15 is 0 Å². The molecule has 2 aromatic rings. The number of nitro benzene ring substituents is 1. The molecule has 1 unspecified atom stereocenters. The second-order valence-corrected chi connectivity index (χ2v) is 6.11. The first-order valence-corrected chi connectivity index (χ1v) is 8.16. The zero-order valence-electron chi connectivity index (χ0n) is 15.2. The molecule has 2 rings (SSSR count). The van der Waals surface area contributed by atoms with Crippen LogP contribution in [0.2, 0.25) is 0 Å². The van der Waals surface area contributed by atoms with Crippen LogP contribution in [0.15, 0.2) is 42.5 Å². The third-order valence-electron chi connectivity index (χ3n) is 4.31. The lowest BCUT2D eigenvalue weighted by Crippen LogP contribution is -2.36. The van der Waals surface area contributed by atoms with Crippen molar-refractivity contribution in [1.29, 1.82) is 0 Å². The number of hydrogen-bond acceptors (Lipinski definition) is 5. The number of likely N-dealkylation sites (N-methyl/N-ethyl adjacent to an activating group) is 1. The number of nitrogens with zero attached hydrogens (tertiary/aromatic N) is 2. The summed E-state index contributed by atoms with van der Waals surface area (Å²) in [5, 5.41) is 20.2. The smallest absolute Gasteiger partial charge is 0.335 e. The molecule has 1 N–H and O–H groups in total. The SMILES string of the molecule is COc1ccccc1CC(C)N(C)C(=O)c1cc(C(=O)O)cc([N+](=O)[O-])c1. The minimum Gasteiger partial charge on any atom is -0.496 e. The first-order valence-electron chi connectivity index (χ1n) is 8.16. The van der Waals surface area contributed by atoms with Gasteiger partial charge in [-0.2, -0.15) is 0 Å². The van der Waals surface area contributed by atoms with Gasteiger partial charge in [-0.25, -0.2) is 4.79 Å². The van der Waals surface area contributed by atoms with E-state index in [9.17, 15) is 19.7 Å². The Hall–Kier alpha value is -3.42. The molecule has 8 nitrogen and oxygen atoms in total. The number of carboxylic acids is 1. The standard InChI is InChI=1S/C19H20N2O6/c1-12(8-13-6-4-5-7-17(13)27-3)20(2)18(22)14-9-15(19(23)24)11-16(10-14)21(25)26/h4-7,9-12H,8H2,1-3H3,(H,23,24). The van der Waals surface area contributed by atoms with Gasteiger partial charge in [-0.3, -0.25) is 14.9 Å². The summed E-state index contributed by atoms with van der Waals surface area (Å²) in [4.78, 5) is 35.7. The Morgan fingerprint density at radius 2 is 1.85 bits per heavy atom. The molecule has 0 saturated carbocycles. The molecule has 1 atom stereocenters. The van der Waals surface area contributed by atoms with Gasteiger partial charge in [0, 0.05) is 30.8 Å². The number of carbonyl (C=O) groups is 2. The third kappa shape index (κ3) is 4.60. The van der Waals surface area contributed by atoms with Crippen LogP contribution in [0.25, 0.3) is 0 Å². The van der Waals surface area contributed by atoms with Crippen molar-refractivity contribution in [1.82, 2.24) is 4.90 Å². The van der Waals surface area contributed by atoms with E-state index in [1.165, 1.54) is 4.90 Å². The van der Waals surface area contributed by atoms with Crippen molar-refractivity contribution in [2.45, 2.75) is 19.4 Å². The fraction of sp³-hybridized carbons (Fsp3) is 0.263. The number of amides is 1. The molecule has 0 saturated heterocycles. The summed E-state index contributed by atoms with van der Waals surface area (Å²) < 4.78 is 5.31. The minimum absolute atomic E-state index is 0.0454. The van der Waals surface area contributed by atoms with E-state index in [4.69, 9.17) is 9.84 Å². The molecule has 0 spiro atoms. The van der Waals surface area contributed by atoms with Crippen molar-refractivity contribution in [3.8, 4) is 5.75 Å². The highest BCUT2D eigenvalue weighted by atomic mass is 16.6. The maximum absolute atomic E-state index is 12.8. The predicted molar refractivity (Wildman–Crippen MR) is 98.3 cm³/mol. The van der Waals surface area contributed by atoms with Crippen LogP contribution in [-0.4, -0.2) is 47.0 Å². The Balaban J connectivity index is 2.28. The van der Waals surface area contributed by atoms with E-state index in [0.717, 1.165) is 23.8 Å². The number of carbonyl (C=O) groups excluding carboxylic acids is 1. The molecule has 0 bridgehead atoms. The lowest BCUT2D eigenvalue weighted by molar-refractivity contribution is -0.384. The van der Waals surface area contributed by atoms with Crippen molar-refractivity contribution in [2.75, 3.05) is 14.2 Å². The highest BCUT2D eigenvalue weighted by molar-refractivity contribution is 5.98. The molecule has 0 aliphatic rings. The lowest BCUT2D eigenvalue weighted by atomic mass is 10.0. The maximum atomic E-state index is 12.8. The molecule has 0 aliphatic carbocycles. The number of hydrogen-bond donors (Lipinski definition) is 1. The Bertz CT molecular complexity index is 848. The monoisotopic (exact) mass is 372 g/mol. The molecule has 0 heterocycles. The average Bonchev–Trinajstić information content (AvgIpc) is 2.66. The van der Waals surface area contributed by atoms with Gasteiger partial charge in [0.15, 0.2) is 0 Å². The first-order chi connectivity index (χ1) is 12.7. The summed E-state index contributed by atoms with van der Waals surface area (Å²) in [6.45, 7) is 1.83. The topological polar surface area (TPSA) is 110 Å². The molecule has 1 amide bonds. The molecule has 142 valence electrons. The number of carboxylic acid groups (broad SMARTS) is 1. The van der Waals surface area contributed by atoms with Gasteiger partial charge in [-0.1, -0.05) is 18.2 Å². The lowest BCUT2D eigenvalue weighted by Gasteiger charge is -2.26. The second-order valence-electron chi connectivity index (χ2n) is 6.11. The van der Waals surface area contributed by atoms with Gasteiger partial charge in [0.05, 0.1) is 17.6 Å². The molecule has 8 heteroatoms. The van der Waals surface area contributed by atoms with Crippen LogP contribution in [0.1, 0.15) is 33.2 Å². The zero-order valence-corrected chi connectivity index (χ0v) is 15.2. The van der Waals surface area contributed by atoms with Crippen LogP contribution in [-0.2, 0) is 6.42 Å². The molecule has 2 aromatic carbocycles. The summed E-state index contributed by atoms with van der Waals surface area (Å²) in [6, 6.07) is 10.3. The first kappa shape index (κ1) is 19.9. The Morgan fingerprint density at radius 3 is 2.44 bits per heavy atom. The Labute approximate surface area is 156 Å². The Morgan fingerprint density at radius 1 is 1.22 bits per heavy atom. The van der Waals surface area contributed by atoms with Crippen molar-refractivity contribution < 1.29 is 24.4 Å². The summed E-state index contributed by atoms with van der Waals surface area (Å²) >= 11 is 0. The Kier molecular flexibility index (Phi) is 6.12. The molecule has 0 aliphatic heterocycles. The van der Waals surface area contributed by atoms with Gasteiger partial charge >= 0.3 is 5.97 Å². The minimum atomic E-state index is -1.34. The van der Waals surface area contributed by atoms with E-state index in [2.05, 4.69) is 0 Å². The highest BCUT2D eigenvalue weighted by Crippen LogP contribution is 2.22. The summed E-state index contributed by atoms with van der Waals surface area (Å²) in [6.07, 6.45) is 0.507. The van der Waals surface area contributed by atoms with Crippen molar-refractivity contribution in [3.05, 3.63) is 69.3 Å². The zero-order chi connectivity index (χ0) is 20.1. The van der Waals surface area contributed by atoms with Crippen molar-refractivity contribution >= 4 is 17.6 Å².